The van der Waals surface area contributed by atoms with Crippen LogP contribution in [0.4, 0.5) is 0 Å². The van der Waals surface area contributed by atoms with E-state index in [-0.39, 0.29) is 23.1 Å². The van der Waals surface area contributed by atoms with Crippen molar-refractivity contribution in [2.75, 3.05) is 6.61 Å². The standard InChI is InChI=1S/C19H25N3O3/c1-7-25-17(24)14-11-8-9-13-18(2,3)16(23)12(20-5)10-19(13,4)15(11)21-22(14)6/h12-13H,7-10H2,1-4,6H3/t12?,13-,19-/m0/s1. The minimum absolute atomic E-state index is 0.0370. The molecule has 1 fully saturated rings. The van der Waals surface area contributed by atoms with E-state index in [4.69, 9.17) is 11.3 Å². The molecule has 2 aliphatic rings. The average Bonchev–Trinajstić information content (AvgIpc) is 2.89. The van der Waals surface area contributed by atoms with E-state index in [0.29, 0.717) is 25.1 Å². The molecule has 25 heavy (non-hydrogen) atoms. The first-order chi connectivity index (χ1) is 11.7. The molecule has 6 nitrogen and oxygen atoms in total. The quantitative estimate of drug-likeness (QED) is 0.612. The number of aromatic nitrogens is 2. The first-order valence-corrected chi connectivity index (χ1v) is 8.82. The molecule has 0 aromatic carbocycles. The third-order valence-corrected chi connectivity index (χ3v) is 6.19. The predicted molar refractivity (Wildman–Crippen MR) is 92.1 cm³/mol. The second kappa shape index (κ2) is 5.69. The van der Waals surface area contributed by atoms with Gasteiger partial charge >= 0.3 is 5.97 Å². The Morgan fingerprint density at radius 2 is 2.12 bits per heavy atom. The Hall–Kier alpha value is -2.16. The van der Waals surface area contributed by atoms with Gasteiger partial charge in [0.15, 0.2) is 0 Å². The normalized spacial score (nSPS) is 30.2. The Bertz CT molecular complexity index is 787. The molecule has 0 aliphatic heterocycles. The van der Waals surface area contributed by atoms with Gasteiger partial charge in [0.1, 0.15) is 5.69 Å². The van der Waals surface area contributed by atoms with Crippen LogP contribution < -0.4 is 0 Å². The highest BCUT2D eigenvalue weighted by molar-refractivity contribution is 5.93. The lowest BCUT2D eigenvalue weighted by atomic mass is 9.50. The van der Waals surface area contributed by atoms with Crippen molar-refractivity contribution in [1.29, 1.82) is 0 Å². The predicted octanol–water partition coefficient (Wildman–Crippen LogP) is 2.70. The van der Waals surface area contributed by atoms with Gasteiger partial charge in [0, 0.05) is 29.9 Å². The van der Waals surface area contributed by atoms with E-state index in [2.05, 4.69) is 16.9 Å². The fraction of sp³-hybridized carbons (Fsp3) is 0.684. The Morgan fingerprint density at radius 1 is 1.44 bits per heavy atom. The summed E-state index contributed by atoms with van der Waals surface area (Å²) in [7, 11) is 1.76. The highest BCUT2D eigenvalue weighted by atomic mass is 16.5. The smallest absolute Gasteiger partial charge is 0.356 e. The lowest BCUT2D eigenvalue weighted by molar-refractivity contribution is -0.137. The van der Waals surface area contributed by atoms with Crippen molar-refractivity contribution in [2.45, 2.75) is 58.4 Å². The third kappa shape index (κ3) is 2.32. The number of rotatable bonds is 2. The number of aryl methyl sites for hydroxylation is 1. The molecule has 1 heterocycles. The summed E-state index contributed by atoms with van der Waals surface area (Å²) < 4.78 is 6.80. The Labute approximate surface area is 148 Å². The zero-order chi connectivity index (χ0) is 18.6. The van der Waals surface area contributed by atoms with Gasteiger partial charge in [-0.3, -0.25) is 9.48 Å². The first-order valence-electron chi connectivity index (χ1n) is 8.82. The molecule has 1 aromatic rings. The van der Waals surface area contributed by atoms with Crippen LogP contribution >= 0.6 is 0 Å². The number of ketones is 1. The van der Waals surface area contributed by atoms with Gasteiger partial charge < -0.3 is 9.58 Å². The monoisotopic (exact) mass is 343 g/mol. The van der Waals surface area contributed by atoms with E-state index in [9.17, 15) is 9.59 Å². The molecule has 1 saturated carbocycles. The van der Waals surface area contributed by atoms with Crippen molar-refractivity contribution < 1.29 is 14.3 Å². The number of carbonyl (C=O) groups is 2. The largest absolute Gasteiger partial charge is 0.461 e. The van der Waals surface area contributed by atoms with E-state index in [1.54, 1.807) is 18.7 Å². The van der Waals surface area contributed by atoms with Crippen molar-refractivity contribution in [3.63, 3.8) is 0 Å². The van der Waals surface area contributed by atoms with E-state index < -0.39 is 11.5 Å². The summed E-state index contributed by atoms with van der Waals surface area (Å²) in [6.07, 6.45) is 1.98. The van der Waals surface area contributed by atoms with Gasteiger partial charge in [0.25, 0.3) is 6.04 Å². The van der Waals surface area contributed by atoms with Gasteiger partial charge in [0.2, 0.25) is 5.78 Å². The Balaban J connectivity index is 2.15. The fourth-order valence-corrected chi connectivity index (χ4v) is 5.09. The summed E-state index contributed by atoms with van der Waals surface area (Å²) in [4.78, 5) is 28.7. The van der Waals surface area contributed by atoms with Crippen LogP contribution in [-0.4, -0.2) is 34.2 Å². The Morgan fingerprint density at radius 3 is 2.72 bits per heavy atom. The van der Waals surface area contributed by atoms with E-state index in [0.717, 1.165) is 17.7 Å². The van der Waals surface area contributed by atoms with E-state index in [1.807, 2.05) is 13.8 Å². The SMILES string of the molecule is [C-]#[N+]C1C[C@]2(C)c3nn(C)c(C(=O)OCC)c3CC[C@H]2C(C)(C)C1=O. The number of Topliss-reactive ketones (excluding diaryl/α,β-unsaturated/α-hetero) is 1. The van der Waals surface area contributed by atoms with Crippen LogP contribution in [-0.2, 0) is 28.4 Å². The summed E-state index contributed by atoms with van der Waals surface area (Å²) in [5.41, 5.74) is 1.34. The van der Waals surface area contributed by atoms with Crippen molar-refractivity contribution >= 4 is 11.8 Å². The Kier molecular flexibility index (Phi) is 4.02. The molecule has 0 N–H and O–H groups in total. The zero-order valence-corrected chi connectivity index (χ0v) is 15.5. The summed E-state index contributed by atoms with van der Waals surface area (Å²) in [6.45, 7) is 15.6. The number of nitrogens with zero attached hydrogens (tertiary/aromatic N) is 3. The minimum Gasteiger partial charge on any atom is -0.461 e. The number of ether oxygens (including phenoxy) is 1. The molecule has 0 amide bonds. The van der Waals surface area contributed by atoms with Crippen LogP contribution in [0.3, 0.4) is 0 Å². The minimum atomic E-state index is -0.643. The summed E-state index contributed by atoms with van der Waals surface area (Å²) in [5, 5.41) is 4.67. The second-order valence-electron chi connectivity index (χ2n) is 7.96. The van der Waals surface area contributed by atoms with Gasteiger partial charge in [-0.2, -0.15) is 5.10 Å². The van der Waals surface area contributed by atoms with Crippen LogP contribution in [0.2, 0.25) is 0 Å². The molecule has 1 unspecified atom stereocenters. The molecule has 6 heteroatoms. The van der Waals surface area contributed by atoms with Crippen molar-refractivity contribution in [3.05, 3.63) is 28.4 Å². The lowest BCUT2D eigenvalue weighted by Gasteiger charge is -2.51. The molecule has 2 aliphatic carbocycles. The number of carbonyl (C=O) groups excluding carboxylic acids is 2. The van der Waals surface area contributed by atoms with Crippen LogP contribution in [0.25, 0.3) is 4.85 Å². The van der Waals surface area contributed by atoms with Gasteiger partial charge in [-0.05, 0) is 25.7 Å². The summed E-state index contributed by atoms with van der Waals surface area (Å²) in [6, 6.07) is -0.643. The van der Waals surface area contributed by atoms with Gasteiger partial charge in [-0.15, -0.1) is 0 Å². The highest BCUT2D eigenvalue weighted by Gasteiger charge is 2.61. The lowest BCUT2D eigenvalue weighted by Crippen LogP contribution is -2.56. The van der Waals surface area contributed by atoms with Crippen LogP contribution in [0.15, 0.2) is 0 Å². The zero-order valence-electron chi connectivity index (χ0n) is 15.5. The molecule has 1 aromatic heterocycles. The maximum atomic E-state index is 12.7. The molecular weight excluding hydrogens is 318 g/mol. The van der Waals surface area contributed by atoms with Crippen LogP contribution in [0.1, 0.15) is 62.3 Å². The van der Waals surface area contributed by atoms with Crippen molar-refractivity contribution in [1.82, 2.24) is 9.78 Å². The molecule has 0 radical (unpaired) electrons. The molecular formula is C19H25N3O3. The number of hydrogen-bond acceptors (Lipinski definition) is 4. The average molecular weight is 343 g/mol. The van der Waals surface area contributed by atoms with E-state index >= 15 is 0 Å². The summed E-state index contributed by atoms with van der Waals surface area (Å²) in [5.74, 6) is -0.202. The number of esters is 1. The molecule has 0 saturated heterocycles. The molecule has 3 rings (SSSR count). The highest BCUT2D eigenvalue weighted by Crippen LogP contribution is 2.56. The summed E-state index contributed by atoms with van der Waals surface area (Å²) >= 11 is 0. The topological polar surface area (TPSA) is 65.6 Å². The second-order valence-corrected chi connectivity index (χ2v) is 7.96. The molecule has 0 bridgehead atoms. The van der Waals surface area contributed by atoms with Crippen molar-refractivity contribution in [2.24, 2.45) is 18.4 Å². The van der Waals surface area contributed by atoms with Gasteiger partial charge in [-0.1, -0.05) is 20.8 Å². The number of hydrogen-bond donors (Lipinski definition) is 0. The maximum absolute atomic E-state index is 12.7. The fourth-order valence-electron chi connectivity index (χ4n) is 5.09. The van der Waals surface area contributed by atoms with Crippen molar-refractivity contribution in [3.8, 4) is 0 Å². The van der Waals surface area contributed by atoms with Crippen LogP contribution in [0.5, 0.6) is 0 Å². The molecule has 0 spiro atoms. The molecule has 3 atom stereocenters. The van der Waals surface area contributed by atoms with Gasteiger partial charge in [0.05, 0.1) is 12.3 Å². The molecule has 134 valence electrons. The van der Waals surface area contributed by atoms with E-state index in [1.165, 1.54) is 0 Å². The number of fused-ring (bicyclic) bond motifs is 3. The first kappa shape index (κ1) is 17.7. The van der Waals surface area contributed by atoms with Crippen LogP contribution in [0, 0.1) is 17.9 Å². The van der Waals surface area contributed by atoms with Gasteiger partial charge in [-0.25, -0.2) is 11.4 Å². The third-order valence-electron chi connectivity index (χ3n) is 6.19. The maximum Gasteiger partial charge on any atom is 0.356 e.